The van der Waals surface area contributed by atoms with Crippen LogP contribution in [0.3, 0.4) is 0 Å². The molecule has 0 atom stereocenters. The molecule has 4 heteroatoms. The van der Waals surface area contributed by atoms with E-state index in [1.165, 1.54) is 18.4 Å². The number of nitrogens with one attached hydrogen (secondary N) is 1. The molecular weight excluding hydrogens is 334 g/mol. The van der Waals surface area contributed by atoms with Crippen molar-refractivity contribution in [3.05, 3.63) is 78.1 Å². The zero-order chi connectivity index (χ0) is 18.5. The fourth-order valence-corrected chi connectivity index (χ4v) is 3.95. The van der Waals surface area contributed by atoms with Crippen LogP contribution in [0.5, 0.6) is 0 Å². The van der Waals surface area contributed by atoms with E-state index in [1.54, 1.807) is 0 Å². The fourth-order valence-electron chi connectivity index (χ4n) is 3.95. The Labute approximate surface area is 160 Å². The molecule has 4 nitrogen and oxygen atoms in total. The van der Waals surface area contributed by atoms with Crippen molar-refractivity contribution in [1.82, 2.24) is 14.6 Å². The normalized spacial score (nSPS) is 15.9. The summed E-state index contributed by atoms with van der Waals surface area (Å²) in [5.74, 6) is 0.741. The number of pyridine rings is 1. The Morgan fingerprint density at radius 3 is 2.59 bits per heavy atom. The van der Waals surface area contributed by atoms with E-state index >= 15 is 0 Å². The van der Waals surface area contributed by atoms with Crippen LogP contribution in [0.4, 0.5) is 0 Å². The number of carbonyl (C=O) groups excluding carboxylic acids is 1. The molecule has 1 aliphatic heterocycles. The number of nitrogens with zero attached hydrogens (tertiary/aromatic N) is 2. The molecule has 27 heavy (non-hydrogen) atoms. The van der Waals surface area contributed by atoms with Gasteiger partial charge in [-0.1, -0.05) is 36.4 Å². The Morgan fingerprint density at radius 2 is 1.81 bits per heavy atom. The van der Waals surface area contributed by atoms with Crippen LogP contribution in [0.1, 0.15) is 35.2 Å². The van der Waals surface area contributed by atoms with Gasteiger partial charge in [-0.3, -0.25) is 9.69 Å². The van der Waals surface area contributed by atoms with Crippen molar-refractivity contribution < 1.29 is 4.79 Å². The second kappa shape index (κ2) is 8.40. The topological polar surface area (TPSA) is 36.8 Å². The summed E-state index contributed by atoms with van der Waals surface area (Å²) in [5, 5.41) is 3.09. The number of rotatable bonds is 6. The maximum Gasteiger partial charge on any atom is 0.252 e. The first-order valence-electron chi connectivity index (χ1n) is 9.89. The van der Waals surface area contributed by atoms with Crippen LogP contribution >= 0.6 is 0 Å². The van der Waals surface area contributed by atoms with Gasteiger partial charge in [0.05, 0.1) is 5.56 Å². The van der Waals surface area contributed by atoms with E-state index in [0.29, 0.717) is 5.92 Å². The number of amides is 1. The van der Waals surface area contributed by atoms with Crippen molar-refractivity contribution >= 4 is 11.4 Å². The van der Waals surface area contributed by atoms with Gasteiger partial charge in [0.1, 0.15) is 0 Å². The average Bonchev–Trinajstić information content (AvgIpc) is 3.14. The van der Waals surface area contributed by atoms with Crippen LogP contribution in [0, 0.1) is 5.92 Å². The first-order chi connectivity index (χ1) is 13.3. The Morgan fingerprint density at radius 1 is 1.04 bits per heavy atom. The third-order valence-corrected chi connectivity index (χ3v) is 5.56. The van der Waals surface area contributed by atoms with Crippen LogP contribution in [0.2, 0.25) is 0 Å². The monoisotopic (exact) mass is 361 g/mol. The lowest BCUT2D eigenvalue weighted by Crippen LogP contribution is -2.34. The Hall–Kier alpha value is -2.59. The summed E-state index contributed by atoms with van der Waals surface area (Å²) in [4.78, 5) is 14.9. The molecule has 140 valence electrons. The molecular formula is C23H27N3O. The van der Waals surface area contributed by atoms with Gasteiger partial charge in [0.15, 0.2) is 0 Å². The second-order valence-corrected chi connectivity index (χ2v) is 7.51. The summed E-state index contributed by atoms with van der Waals surface area (Å²) in [7, 11) is 0. The van der Waals surface area contributed by atoms with Crippen molar-refractivity contribution in [1.29, 1.82) is 0 Å². The summed E-state index contributed by atoms with van der Waals surface area (Å²) in [6.07, 6.45) is 7.37. The third kappa shape index (κ3) is 4.58. The van der Waals surface area contributed by atoms with Gasteiger partial charge in [-0.15, -0.1) is 0 Å². The predicted molar refractivity (Wildman–Crippen MR) is 109 cm³/mol. The molecule has 1 aliphatic rings. The van der Waals surface area contributed by atoms with Gasteiger partial charge in [-0.2, -0.15) is 0 Å². The highest BCUT2D eigenvalue weighted by molar-refractivity contribution is 5.95. The summed E-state index contributed by atoms with van der Waals surface area (Å²) in [5.41, 5.74) is 3.18. The van der Waals surface area contributed by atoms with E-state index in [9.17, 15) is 4.79 Å². The maximum absolute atomic E-state index is 12.4. The number of likely N-dealkylation sites (tertiary alicyclic amines) is 1. The second-order valence-electron chi connectivity index (χ2n) is 7.51. The minimum atomic E-state index is 0.0280. The highest BCUT2D eigenvalue weighted by Crippen LogP contribution is 2.21. The lowest BCUT2D eigenvalue weighted by molar-refractivity contribution is 0.0948. The summed E-state index contributed by atoms with van der Waals surface area (Å²) in [6.45, 7) is 4.11. The molecule has 1 N–H and O–H groups in total. The predicted octanol–water partition coefficient (Wildman–Crippen LogP) is 3.97. The zero-order valence-corrected chi connectivity index (χ0v) is 15.7. The van der Waals surface area contributed by atoms with Crippen molar-refractivity contribution in [2.24, 2.45) is 5.92 Å². The molecule has 1 aromatic carbocycles. The number of fused-ring (bicyclic) bond motifs is 1. The molecule has 3 heterocycles. The molecule has 0 radical (unpaired) electrons. The van der Waals surface area contributed by atoms with Gasteiger partial charge in [0.25, 0.3) is 5.91 Å². The quantitative estimate of drug-likeness (QED) is 0.721. The van der Waals surface area contributed by atoms with Gasteiger partial charge in [0, 0.05) is 31.0 Å². The van der Waals surface area contributed by atoms with Crippen LogP contribution in [0.25, 0.3) is 5.52 Å². The molecule has 1 saturated heterocycles. The Bertz CT molecular complexity index is 846. The number of hydrogen-bond donors (Lipinski definition) is 1. The van der Waals surface area contributed by atoms with E-state index in [4.69, 9.17) is 0 Å². The van der Waals surface area contributed by atoms with Gasteiger partial charge in [0.2, 0.25) is 0 Å². The van der Waals surface area contributed by atoms with E-state index < -0.39 is 0 Å². The van der Waals surface area contributed by atoms with Gasteiger partial charge in [-0.25, -0.2) is 0 Å². The van der Waals surface area contributed by atoms with Crippen LogP contribution in [0.15, 0.2) is 67.0 Å². The molecule has 4 rings (SSSR count). The lowest BCUT2D eigenvalue weighted by Gasteiger charge is -2.32. The number of benzene rings is 1. The summed E-state index contributed by atoms with van der Waals surface area (Å²) >= 11 is 0. The average molecular weight is 361 g/mol. The van der Waals surface area contributed by atoms with E-state index in [0.717, 1.165) is 43.7 Å². The van der Waals surface area contributed by atoms with Crippen molar-refractivity contribution in [3.8, 4) is 0 Å². The minimum absolute atomic E-state index is 0.0280. The standard InChI is InChI=1S/C23H27N3O/c27-23(21-16-22-8-4-5-13-26(22)18-21)24-12-9-19-10-14-25(15-11-19)17-20-6-2-1-3-7-20/h1-8,13,16,18-19H,9-12,14-15,17H2,(H,24,27). The highest BCUT2D eigenvalue weighted by atomic mass is 16.1. The smallest absolute Gasteiger partial charge is 0.252 e. The molecule has 0 spiro atoms. The Kier molecular flexibility index (Phi) is 5.54. The van der Waals surface area contributed by atoms with Crippen LogP contribution in [-0.4, -0.2) is 34.8 Å². The van der Waals surface area contributed by atoms with Crippen LogP contribution in [-0.2, 0) is 6.54 Å². The lowest BCUT2D eigenvalue weighted by atomic mass is 9.93. The molecule has 1 amide bonds. The van der Waals surface area contributed by atoms with E-state index in [1.807, 2.05) is 41.1 Å². The highest BCUT2D eigenvalue weighted by Gasteiger charge is 2.19. The number of aromatic nitrogens is 1. The molecule has 2 aromatic heterocycles. The fraction of sp³-hybridized carbons (Fsp3) is 0.348. The van der Waals surface area contributed by atoms with Crippen LogP contribution < -0.4 is 5.32 Å². The first kappa shape index (κ1) is 17.8. The number of carbonyl (C=O) groups is 1. The van der Waals surface area contributed by atoms with E-state index in [-0.39, 0.29) is 5.91 Å². The molecule has 1 fully saturated rings. The van der Waals surface area contributed by atoms with Gasteiger partial charge >= 0.3 is 0 Å². The molecule has 0 saturated carbocycles. The van der Waals surface area contributed by atoms with E-state index in [2.05, 4.69) is 40.5 Å². The van der Waals surface area contributed by atoms with Gasteiger partial charge < -0.3 is 9.72 Å². The molecule has 0 unspecified atom stereocenters. The first-order valence-corrected chi connectivity index (χ1v) is 9.89. The number of piperidine rings is 1. The van der Waals surface area contributed by atoms with Crippen molar-refractivity contribution in [3.63, 3.8) is 0 Å². The zero-order valence-electron chi connectivity index (χ0n) is 15.7. The SMILES string of the molecule is O=C(NCCC1CCN(Cc2ccccc2)CC1)c1cc2ccccn2c1. The minimum Gasteiger partial charge on any atom is -0.352 e. The molecule has 0 bridgehead atoms. The van der Waals surface area contributed by atoms with Gasteiger partial charge in [-0.05, 0) is 62.0 Å². The molecule has 3 aromatic rings. The third-order valence-electron chi connectivity index (χ3n) is 5.56. The van der Waals surface area contributed by atoms with Crippen molar-refractivity contribution in [2.75, 3.05) is 19.6 Å². The number of hydrogen-bond acceptors (Lipinski definition) is 2. The summed E-state index contributed by atoms with van der Waals surface area (Å²) in [6, 6.07) is 18.6. The largest absolute Gasteiger partial charge is 0.352 e. The van der Waals surface area contributed by atoms with Crippen molar-refractivity contribution in [2.45, 2.75) is 25.8 Å². The maximum atomic E-state index is 12.4. The molecule has 0 aliphatic carbocycles. The summed E-state index contributed by atoms with van der Waals surface area (Å²) < 4.78 is 1.98. The Balaban J connectivity index is 1.19.